The number of rotatable bonds is 4. The summed E-state index contributed by atoms with van der Waals surface area (Å²) in [5, 5.41) is 2.83. The molecule has 0 aromatic carbocycles. The standard InChI is InChI=1S/C12H15BrN2O2S/c1-2-8-12(17)14-5-6-15(8)7-9(16)10-3-4-11(13)18-10/h3-4,8H,2,5-7H2,1H3,(H,14,17). The summed E-state index contributed by atoms with van der Waals surface area (Å²) >= 11 is 4.78. The average Bonchev–Trinajstić information content (AvgIpc) is 2.76. The summed E-state index contributed by atoms with van der Waals surface area (Å²) in [7, 11) is 0. The highest BCUT2D eigenvalue weighted by atomic mass is 79.9. The maximum Gasteiger partial charge on any atom is 0.237 e. The molecule has 1 aromatic heterocycles. The van der Waals surface area contributed by atoms with E-state index in [1.807, 2.05) is 24.0 Å². The Bertz CT molecular complexity index is 461. The average molecular weight is 331 g/mol. The highest BCUT2D eigenvalue weighted by Crippen LogP contribution is 2.23. The molecule has 1 aromatic rings. The van der Waals surface area contributed by atoms with Crippen molar-refractivity contribution in [2.24, 2.45) is 0 Å². The molecule has 0 spiro atoms. The Morgan fingerprint density at radius 3 is 3.00 bits per heavy atom. The van der Waals surface area contributed by atoms with E-state index in [4.69, 9.17) is 0 Å². The summed E-state index contributed by atoms with van der Waals surface area (Å²) in [6.07, 6.45) is 0.729. The Labute approximate surface area is 118 Å². The van der Waals surface area contributed by atoms with Crippen molar-refractivity contribution in [3.8, 4) is 0 Å². The largest absolute Gasteiger partial charge is 0.353 e. The van der Waals surface area contributed by atoms with Crippen LogP contribution in [0.1, 0.15) is 23.0 Å². The summed E-state index contributed by atoms with van der Waals surface area (Å²) < 4.78 is 0.953. The molecule has 4 nitrogen and oxygen atoms in total. The number of Topliss-reactive ketones (excluding diaryl/α,β-unsaturated/α-hetero) is 1. The lowest BCUT2D eigenvalue weighted by molar-refractivity contribution is -0.128. The van der Waals surface area contributed by atoms with Crippen LogP contribution < -0.4 is 5.32 Å². The Balaban J connectivity index is 2.03. The third-order valence-corrected chi connectivity index (χ3v) is 4.69. The first-order chi connectivity index (χ1) is 8.61. The minimum atomic E-state index is -0.175. The van der Waals surface area contributed by atoms with Crippen LogP contribution in [0, 0.1) is 0 Å². The molecule has 1 fully saturated rings. The van der Waals surface area contributed by atoms with Crippen molar-refractivity contribution < 1.29 is 9.59 Å². The SMILES string of the molecule is CCC1C(=O)NCCN1CC(=O)c1ccc(Br)s1. The third kappa shape index (κ3) is 2.99. The van der Waals surface area contributed by atoms with Gasteiger partial charge in [-0.3, -0.25) is 14.5 Å². The van der Waals surface area contributed by atoms with E-state index in [9.17, 15) is 9.59 Å². The first-order valence-electron chi connectivity index (χ1n) is 5.92. The third-order valence-electron chi connectivity index (χ3n) is 3.02. The van der Waals surface area contributed by atoms with Crippen molar-refractivity contribution in [2.75, 3.05) is 19.6 Å². The van der Waals surface area contributed by atoms with Crippen LogP contribution in [0.4, 0.5) is 0 Å². The van der Waals surface area contributed by atoms with Gasteiger partial charge in [-0.25, -0.2) is 0 Å². The predicted octanol–water partition coefficient (Wildman–Crippen LogP) is 1.90. The van der Waals surface area contributed by atoms with Crippen LogP contribution >= 0.6 is 27.3 Å². The van der Waals surface area contributed by atoms with E-state index < -0.39 is 0 Å². The number of hydrogen-bond donors (Lipinski definition) is 1. The number of nitrogens with zero attached hydrogens (tertiary/aromatic N) is 1. The first kappa shape index (κ1) is 13.7. The highest BCUT2D eigenvalue weighted by molar-refractivity contribution is 9.11. The Kier molecular flexibility index (Phi) is 4.53. The highest BCUT2D eigenvalue weighted by Gasteiger charge is 2.29. The fraction of sp³-hybridized carbons (Fsp3) is 0.500. The van der Waals surface area contributed by atoms with Crippen molar-refractivity contribution in [3.05, 3.63) is 20.8 Å². The maximum absolute atomic E-state index is 12.1. The second-order valence-corrected chi connectivity index (χ2v) is 6.68. The van der Waals surface area contributed by atoms with Gasteiger partial charge in [0.1, 0.15) is 0 Å². The van der Waals surface area contributed by atoms with Gasteiger partial charge < -0.3 is 5.32 Å². The second-order valence-electron chi connectivity index (χ2n) is 4.21. The van der Waals surface area contributed by atoms with E-state index in [2.05, 4.69) is 21.2 Å². The first-order valence-corrected chi connectivity index (χ1v) is 7.53. The molecule has 2 heterocycles. The molecule has 18 heavy (non-hydrogen) atoms. The minimum Gasteiger partial charge on any atom is -0.353 e. The molecule has 1 unspecified atom stereocenters. The Morgan fingerprint density at radius 1 is 1.61 bits per heavy atom. The van der Waals surface area contributed by atoms with Gasteiger partial charge in [0.2, 0.25) is 5.91 Å². The van der Waals surface area contributed by atoms with Gasteiger partial charge in [-0.1, -0.05) is 6.92 Å². The summed E-state index contributed by atoms with van der Waals surface area (Å²) in [6, 6.07) is 3.52. The normalized spacial score (nSPS) is 20.8. The van der Waals surface area contributed by atoms with E-state index in [1.165, 1.54) is 11.3 Å². The number of ketones is 1. The molecular formula is C12H15BrN2O2S. The number of nitrogens with one attached hydrogen (secondary N) is 1. The van der Waals surface area contributed by atoms with Crippen molar-refractivity contribution >= 4 is 39.0 Å². The summed E-state index contributed by atoms with van der Waals surface area (Å²) in [5.74, 6) is 0.114. The molecule has 0 bridgehead atoms. The van der Waals surface area contributed by atoms with Gasteiger partial charge in [-0.15, -0.1) is 11.3 Å². The van der Waals surface area contributed by atoms with Gasteiger partial charge >= 0.3 is 0 Å². The molecule has 1 atom stereocenters. The van der Waals surface area contributed by atoms with Gasteiger partial charge in [0.05, 0.1) is 21.3 Å². The number of carbonyl (C=O) groups is 2. The number of thiophene rings is 1. The minimum absolute atomic E-state index is 0.0314. The van der Waals surface area contributed by atoms with Gasteiger partial charge in [-0.2, -0.15) is 0 Å². The molecule has 1 aliphatic heterocycles. The number of halogens is 1. The fourth-order valence-corrected chi connectivity index (χ4v) is 3.44. The fourth-order valence-electron chi connectivity index (χ4n) is 2.12. The number of hydrogen-bond acceptors (Lipinski definition) is 4. The van der Waals surface area contributed by atoms with Crippen LogP contribution in [0.15, 0.2) is 15.9 Å². The number of carbonyl (C=O) groups excluding carboxylic acids is 2. The monoisotopic (exact) mass is 330 g/mol. The molecule has 98 valence electrons. The number of piperazine rings is 1. The topological polar surface area (TPSA) is 49.4 Å². The van der Waals surface area contributed by atoms with Gasteiger partial charge in [0.25, 0.3) is 0 Å². The maximum atomic E-state index is 12.1. The van der Waals surface area contributed by atoms with Crippen LogP contribution in [-0.2, 0) is 4.79 Å². The summed E-state index contributed by atoms with van der Waals surface area (Å²) in [6.45, 7) is 3.65. The molecule has 2 rings (SSSR count). The van der Waals surface area contributed by atoms with Crippen molar-refractivity contribution in [2.45, 2.75) is 19.4 Å². The lowest BCUT2D eigenvalue weighted by atomic mass is 10.1. The van der Waals surface area contributed by atoms with Crippen LogP contribution in [0.5, 0.6) is 0 Å². The zero-order valence-electron chi connectivity index (χ0n) is 10.1. The zero-order valence-corrected chi connectivity index (χ0v) is 12.5. The molecule has 1 saturated heterocycles. The van der Waals surface area contributed by atoms with E-state index in [0.29, 0.717) is 13.1 Å². The smallest absolute Gasteiger partial charge is 0.237 e. The Hall–Kier alpha value is -0.720. The molecular weight excluding hydrogens is 316 g/mol. The Morgan fingerprint density at radius 2 is 2.39 bits per heavy atom. The van der Waals surface area contributed by atoms with E-state index in [1.54, 1.807) is 0 Å². The van der Waals surface area contributed by atoms with E-state index in [-0.39, 0.29) is 17.7 Å². The predicted molar refractivity (Wildman–Crippen MR) is 75.0 cm³/mol. The molecule has 1 amide bonds. The molecule has 6 heteroatoms. The zero-order chi connectivity index (χ0) is 13.1. The van der Waals surface area contributed by atoms with Crippen LogP contribution in [0.3, 0.4) is 0 Å². The van der Waals surface area contributed by atoms with E-state index >= 15 is 0 Å². The lowest BCUT2D eigenvalue weighted by Gasteiger charge is -2.33. The van der Waals surface area contributed by atoms with Crippen LogP contribution in [0.25, 0.3) is 0 Å². The molecule has 0 radical (unpaired) electrons. The van der Waals surface area contributed by atoms with Crippen molar-refractivity contribution in [1.82, 2.24) is 10.2 Å². The second kappa shape index (κ2) is 5.95. The van der Waals surface area contributed by atoms with Crippen molar-refractivity contribution in [1.29, 1.82) is 0 Å². The number of amides is 1. The molecule has 0 aliphatic carbocycles. The van der Waals surface area contributed by atoms with E-state index in [0.717, 1.165) is 21.6 Å². The molecule has 1 aliphatic rings. The lowest BCUT2D eigenvalue weighted by Crippen LogP contribution is -2.56. The molecule has 1 N–H and O–H groups in total. The van der Waals surface area contributed by atoms with Gasteiger partial charge in [0.15, 0.2) is 5.78 Å². The van der Waals surface area contributed by atoms with Crippen molar-refractivity contribution in [3.63, 3.8) is 0 Å². The van der Waals surface area contributed by atoms with Gasteiger partial charge in [-0.05, 0) is 34.5 Å². The molecule has 0 saturated carbocycles. The van der Waals surface area contributed by atoms with Crippen LogP contribution in [0.2, 0.25) is 0 Å². The summed E-state index contributed by atoms with van der Waals surface area (Å²) in [5.41, 5.74) is 0. The van der Waals surface area contributed by atoms with Gasteiger partial charge in [0, 0.05) is 13.1 Å². The summed E-state index contributed by atoms with van der Waals surface area (Å²) in [4.78, 5) is 26.5. The quantitative estimate of drug-likeness (QED) is 0.858. The van der Waals surface area contributed by atoms with Crippen LogP contribution in [-0.4, -0.2) is 42.3 Å².